The lowest BCUT2D eigenvalue weighted by Crippen LogP contribution is -2.28. The molecule has 100 valence electrons. The number of benzene rings is 1. The molecule has 4 nitrogen and oxygen atoms in total. The van der Waals surface area contributed by atoms with Gasteiger partial charge in [0.1, 0.15) is 11.7 Å². The van der Waals surface area contributed by atoms with Crippen molar-refractivity contribution in [2.45, 2.75) is 19.9 Å². The van der Waals surface area contributed by atoms with E-state index in [4.69, 9.17) is 16.2 Å². The fourth-order valence-corrected chi connectivity index (χ4v) is 1.88. The molecular weight excluding hydrogens is 233 g/mol. The summed E-state index contributed by atoms with van der Waals surface area (Å²) in [6.07, 6.45) is 0.939. The Morgan fingerprint density at radius 3 is 2.72 bits per heavy atom. The van der Waals surface area contributed by atoms with Crippen LogP contribution in [-0.4, -0.2) is 35.5 Å². The van der Waals surface area contributed by atoms with Crippen molar-refractivity contribution < 1.29 is 9.50 Å². The molecule has 0 aliphatic heterocycles. The largest absolute Gasteiger partial charge is 0.395 e. The number of aliphatic hydroxyl groups excluding tert-OH is 1. The van der Waals surface area contributed by atoms with E-state index in [0.29, 0.717) is 18.7 Å². The van der Waals surface area contributed by atoms with Crippen LogP contribution < -0.4 is 5.73 Å². The highest BCUT2D eigenvalue weighted by atomic mass is 19.1. The lowest BCUT2D eigenvalue weighted by Gasteiger charge is -2.21. The number of hydrogen-bond donors (Lipinski definition) is 3. The Morgan fingerprint density at radius 1 is 1.44 bits per heavy atom. The Balaban J connectivity index is 2.88. The van der Waals surface area contributed by atoms with Gasteiger partial charge in [0, 0.05) is 18.7 Å². The first kappa shape index (κ1) is 14.6. The first-order valence-electron chi connectivity index (χ1n) is 6.05. The second-order valence-corrected chi connectivity index (χ2v) is 4.19. The van der Waals surface area contributed by atoms with Crippen molar-refractivity contribution in [3.63, 3.8) is 0 Å². The number of hydrogen-bond acceptors (Lipinski definition) is 3. The topological polar surface area (TPSA) is 73.3 Å². The Kier molecular flexibility index (Phi) is 5.74. The second-order valence-electron chi connectivity index (χ2n) is 4.19. The molecule has 18 heavy (non-hydrogen) atoms. The van der Waals surface area contributed by atoms with Gasteiger partial charge in [-0.25, -0.2) is 4.39 Å². The fourth-order valence-electron chi connectivity index (χ4n) is 1.88. The molecule has 0 spiro atoms. The van der Waals surface area contributed by atoms with Gasteiger partial charge in [-0.1, -0.05) is 19.1 Å². The third-order valence-corrected chi connectivity index (χ3v) is 2.72. The number of rotatable bonds is 7. The molecule has 1 rings (SSSR count). The minimum atomic E-state index is -0.441. The van der Waals surface area contributed by atoms with Gasteiger partial charge < -0.3 is 10.8 Å². The van der Waals surface area contributed by atoms with Gasteiger partial charge in [0.05, 0.1) is 12.2 Å². The van der Waals surface area contributed by atoms with Gasteiger partial charge in [0.25, 0.3) is 0 Å². The predicted octanol–water partition coefficient (Wildman–Crippen LogP) is 1.31. The van der Waals surface area contributed by atoms with E-state index in [0.717, 1.165) is 13.0 Å². The maximum absolute atomic E-state index is 14.1. The molecule has 5 heteroatoms. The van der Waals surface area contributed by atoms with E-state index in [1.807, 2.05) is 11.8 Å². The molecule has 0 amide bonds. The third-order valence-electron chi connectivity index (χ3n) is 2.72. The van der Waals surface area contributed by atoms with Crippen LogP contribution in [0.15, 0.2) is 18.2 Å². The molecule has 0 aliphatic rings. The zero-order chi connectivity index (χ0) is 13.5. The zero-order valence-corrected chi connectivity index (χ0v) is 10.6. The van der Waals surface area contributed by atoms with Crippen molar-refractivity contribution in [1.82, 2.24) is 4.90 Å². The van der Waals surface area contributed by atoms with E-state index in [-0.39, 0.29) is 18.0 Å². The van der Waals surface area contributed by atoms with Crippen molar-refractivity contribution in [1.29, 1.82) is 5.41 Å². The number of aliphatic hydroxyl groups is 1. The van der Waals surface area contributed by atoms with Crippen LogP contribution >= 0.6 is 0 Å². The summed E-state index contributed by atoms with van der Waals surface area (Å²) in [5.41, 5.74) is 5.96. The number of nitrogens with zero attached hydrogens (tertiary/aromatic N) is 1. The van der Waals surface area contributed by atoms with Crippen LogP contribution in [0.2, 0.25) is 0 Å². The van der Waals surface area contributed by atoms with E-state index in [2.05, 4.69) is 0 Å². The van der Waals surface area contributed by atoms with Gasteiger partial charge in [0.15, 0.2) is 0 Å². The van der Waals surface area contributed by atoms with Crippen LogP contribution in [0.25, 0.3) is 0 Å². The van der Waals surface area contributed by atoms with E-state index < -0.39 is 5.82 Å². The van der Waals surface area contributed by atoms with Gasteiger partial charge in [-0.2, -0.15) is 0 Å². The average Bonchev–Trinajstić information content (AvgIpc) is 2.32. The van der Waals surface area contributed by atoms with Crippen LogP contribution in [0.5, 0.6) is 0 Å². The summed E-state index contributed by atoms with van der Waals surface area (Å²) in [4.78, 5) is 1.97. The van der Waals surface area contributed by atoms with Gasteiger partial charge in [-0.05, 0) is 19.0 Å². The monoisotopic (exact) mass is 253 g/mol. The van der Waals surface area contributed by atoms with Crippen molar-refractivity contribution >= 4 is 5.84 Å². The number of nitrogens with two attached hydrogens (primary N) is 1. The van der Waals surface area contributed by atoms with Crippen molar-refractivity contribution in [3.05, 3.63) is 35.1 Å². The van der Waals surface area contributed by atoms with E-state index in [1.54, 1.807) is 12.1 Å². The Hall–Kier alpha value is -1.46. The summed E-state index contributed by atoms with van der Waals surface area (Å²) in [7, 11) is 0. The molecule has 0 fully saturated rings. The standard InChI is InChI=1S/C13H20FN3O/c1-2-6-17(7-8-18)9-10-4-3-5-11(12(10)14)13(15)16/h3-5,18H,2,6-9H2,1H3,(H3,15,16). The fraction of sp³-hybridized carbons (Fsp3) is 0.462. The van der Waals surface area contributed by atoms with Crippen LogP contribution in [0, 0.1) is 11.2 Å². The number of nitrogen functional groups attached to an aromatic ring is 1. The van der Waals surface area contributed by atoms with Crippen molar-refractivity contribution in [2.24, 2.45) is 5.73 Å². The van der Waals surface area contributed by atoms with E-state index in [1.165, 1.54) is 6.07 Å². The first-order chi connectivity index (χ1) is 8.60. The predicted molar refractivity (Wildman–Crippen MR) is 70.1 cm³/mol. The zero-order valence-electron chi connectivity index (χ0n) is 10.6. The lowest BCUT2D eigenvalue weighted by molar-refractivity contribution is 0.189. The molecule has 0 heterocycles. The van der Waals surface area contributed by atoms with Gasteiger partial charge in [-0.15, -0.1) is 0 Å². The Bertz CT molecular complexity index is 403. The van der Waals surface area contributed by atoms with Crippen LogP contribution in [-0.2, 0) is 6.54 Å². The van der Waals surface area contributed by atoms with Crippen LogP contribution in [0.1, 0.15) is 24.5 Å². The first-order valence-corrected chi connectivity index (χ1v) is 6.05. The molecular formula is C13H20FN3O. The SMILES string of the molecule is CCCN(CCO)Cc1cccc(C(=N)N)c1F. The summed E-state index contributed by atoms with van der Waals surface area (Å²) in [5.74, 6) is -0.706. The summed E-state index contributed by atoms with van der Waals surface area (Å²) in [6, 6.07) is 4.87. The highest BCUT2D eigenvalue weighted by Crippen LogP contribution is 2.14. The second kappa shape index (κ2) is 7.08. The molecule has 1 aromatic carbocycles. The average molecular weight is 253 g/mol. The third kappa shape index (κ3) is 3.78. The molecule has 0 unspecified atom stereocenters. The summed E-state index contributed by atoms with van der Waals surface area (Å²) < 4.78 is 14.1. The molecule has 0 aliphatic carbocycles. The molecule has 0 bridgehead atoms. The molecule has 0 atom stereocenters. The quantitative estimate of drug-likeness (QED) is 0.507. The number of amidine groups is 1. The lowest BCUT2D eigenvalue weighted by atomic mass is 10.1. The molecule has 1 aromatic rings. The number of halogens is 1. The van der Waals surface area contributed by atoms with E-state index >= 15 is 0 Å². The van der Waals surface area contributed by atoms with Crippen LogP contribution in [0.3, 0.4) is 0 Å². The van der Waals surface area contributed by atoms with Gasteiger partial charge in [-0.3, -0.25) is 10.3 Å². The van der Waals surface area contributed by atoms with Gasteiger partial charge in [0.2, 0.25) is 0 Å². The highest BCUT2D eigenvalue weighted by Gasteiger charge is 2.12. The normalized spacial score (nSPS) is 10.9. The molecule has 4 N–H and O–H groups in total. The Labute approximate surface area is 107 Å². The maximum atomic E-state index is 14.1. The molecule has 0 saturated heterocycles. The van der Waals surface area contributed by atoms with Gasteiger partial charge >= 0.3 is 0 Å². The van der Waals surface area contributed by atoms with Crippen molar-refractivity contribution in [3.8, 4) is 0 Å². The maximum Gasteiger partial charge on any atom is 0.138 e. The van der Waals surface area contributed by atoms with E-state index in [9.17, 15) is 4.39 Å². The summed E-state index contributed by atoms with van der Waals surface area (Å²) in [6.45, 7) is 3.81. The minimum Gasteiger partial charge on any atom is -0.395 e. The molecule has 0 radical (unpaired) electrons. The van der Waals surface area contributed by atoms with Crippen LogP contribution in [0.4, 0.5) is 4.39 Å². The Morgan fingerprint density at radius 2 is 2.17 bits per heavy atom. The number of nitrogens with one attached hydrogen (secondary N) is 1. The molecule has 0 saturated carbocycles. The highest BCUT2D eigenvalue weighted by molar-refractivity contribution is 5.95. The van der Waals surface area contributed by atoms with Crippen molar-refractivity contribution in [2.75, 3.05) is 19.7 Å². The molecule has 0 aromatic heterocycles. The summed E-state index contributed by atoms with van der Waals surface area (Å²) in [5, 5.41) is 16.3. The minimum absolute atomic E-state index is 0.0496. The smallest absolute Gasteiger partial charge is 0.138 e. The summed E-state index contributed by atoms with van der Waals surface area (Å²) >= 11 is 0.